The molecule has 1 aromatic heterocycles. The van der Waals surface area contributed by atoms with Crippen molar-refractivity contribution in [2.24, 2.45) is 13.0 Å². The first-order valence-corrected chi connectivity index (χ1v) is 21.6. The van der Waals surface area contributed by atoms with Crippen LogP contribution in [0, 0.1) is 17.2 Å². The Labute approximate surface area is 358 Å². The quantitative estimate of drug-likeness (QED) is 0.118. The number of hydrogen-bond donors (Lipinski definition) is 2. The van der Waals surface area contributed by atoms with Gasteiger partial charge in [-0.1, -0.05) is 12.1 Å². The van der Waals surface area contributed by atoms with Crippen LogP contribution in [-0.4, -0.2) is 91.2 Å². The van der Waals surface area contributed by atoms with Crippen LogP contribution in [0.5, 0.6) is 0 Å². The summed E-state index contributed by atoms with van der Waals surface area (Å²) in [5.74, 6) is -1.23. The topological polar surface area (TPSA) is 153 Å². The first kappa shape index (κ1) is 44.1. The number of fused-ring (bicyclic) bond motifs is 1. The summed E-state index contributed by atoms with van der Waals surface area (Å²) in [7, 11) is 1.78. The molecule has 4 atom stereocenters. The molecule has 4 amide bonds. The zero-order valence-electron chi connectivity index (χ0n) is 35.2. The molecule has 1 saturated carbocycles. The molecule has 4 aliphatic rings. The van der Waals surface area contributed by atoms with Crippen LogP contribution in [0.4, 0.5) is 24.5 Å². The van der Waals surface area contributed by atoms with E-state index in [1.54, 1.807) is 31.6 Å². The average Bonchev–Trinajstić information content (AvgIpc) is 3.62. The van der Waals surface area contributed by atoms with Crippen LogP contribution in [0.1, 0.15) is 115 Å². The number of carbonyl (C=O) groups excluding carboxylic acids is 4. The number of amides is 4. The van der Waals surface area contributed by atoms with Gasteiger partial charge < -0.3 is 15.0 Å². The second-order valence-corrected chi connectivity index (χ2v) is 18.0. The number of para-hydroxylation sites is 1. The molecule has 0 bridgehead atoms. The van der Waals surface area contributed by atoms with Gasteiger partial charge in [-0.3, -0.25) is 39.0 Å². The molecule has 4 heterocycles. The van der Waals surface area contributed by atoms with E-state index in [9.17, 15) is 37.6 Å². The van der Waals surface area contributed by atoms with Gasteiger partial charge in [0.15, 0.2) is 5.11 Å². The standard InChI is InChI=1S/C44H53F3N8O5S/c1-25-20-31(21-26(2)53(25)24-37(57)49-35-10-6-9-32-38(51-52(5)39(32)35)33-17-18-36(56)50-40(33)58)60-19-7-8-27-11-14-29(15-12-27)55-42(61)54(41(59)43(55,3)4)30-16-13-28(23-48)34(22-30)44(45,46)47/h6,9-10,13,16,22,25-27,29,31,33H,7-8,11-12,14-15,17-21,24H2,1-5H3,(H,49,57)(H,50,56,58)/t25-,26+,27?,29?,31?,33?. The maximum absolute atomic E-state index is 13.8. The molecule has 3 aliphatic heterocycles. The molecule has 326 valence electrons. The van der Waals surface area contributed by atoms with Gasteiger partial charge in [-0.25, -0.2) is 0 Å². The minimum Gasteiger partial charge on any atom is -0.378 e. The minimum atomic E-state index is -4.76. The smallest absolute Gasteiger partial charge is 0.378 e. The van der Waals surface area contributed by atoms with Crippen LogP contribution in [0.25, 0.3) is 10.9 Å². The number of nitrogens with one attached hydrogen (secondary N) is 2. The fourth-order valence-electron chi connectivity index (χ4n) is 10.0. The maximum Gasteiger partial charge on any atom is 0.417 e. The van der Waals surface area contributed by atoms with Crippen molar-refractivity contribution in [3.8, 4) is 6.07 Å². The highest BCUT2D eigenvalue weighted by molar-refractivity contribution is 7.80. The third kappa shape index (κ3) is 8.90. The third-order valence-electron chi connectivity index (χ3n) is 13.1. The van der Waals surface area contributed by atoms with Crippen LogP contribution in [0.2, 0.25) is 0 Å². The van der Waals surface area contributed by atoms with Crippen molar-refractivity contribution < 1.29 is 37.1 Å². The Morgan fingerprint density at radius 3 is 2.43 bits per heavy atom. The average molecular weight is 863 g/mol. The molecule has 13 nitrogen and oxygen atoms in total. The zero-order valence-corrected chi connectivity index (χ0v) is 36.0. The van der Waals surface area contributed by atoms with Gasteiger partial charge in [0, 0.05) is 43.6 Å². The summed E-state index contributed by atoms with van der Waals surface area (Å²) in [6.45, 7) is 8.61. The molecule has 4 fully saturated rings. The van der Waals surface area contributed by atoms with Gasteiger partial charge in [-0.2, -0.15) is 23.5 Å². The molecule has 3 aromatic rings. The van der Waals surface area contributed by atoms with Gasteiger partial charge >= 0.3 is 6.18 Å². The van der Waals surface area contributed by atoms with E-state index in [0.29, 0.717) is 35.8 Å². The predicted octanol–water partition coefficient (Wildman–Crippen LogP) is 6.93. The van der Waals surface area contributed by atoms with Gasteiger partial charge in [0.2, 0.25) is 17.7 Å². The molecule has 2 aromatic carbocycles. The lowest BCUT2D eigenvalue weighted by atomic mass is 9.82. The van der Waals surface area contributed by atoms with Gasteiger partial charge in [0.25, 0.3) is 5.91 Å². The molecule has 1 aliphatic carbocycles. The molecule has 17 heteroatoms. The Hall–Kier alpha value is -4.92. The largest absolute Gasteiger partial charge is 0.417 e. The fourth-order valence-corrected chi connectivity index (χ4v) is 10.6. The van der Waals surface area contributed by atoms with E-state index in [4.69, 9.17) is 17.0 Å². The third-order valence-corrected chi connectivity index (χ3v) is 13.5. The van der Waals surface area contributed by atoms with Crippen molar-refractivity contribution in [2.75, 3.05) is 23.4 Å². The number of ether oxygens (including phenoxy) is 1. The van der Waals surface area contributed by atoms with Gasteiger partial charge in [-0.15, -0.1) is 0 Å². The predicted molar refractivity (Wildman–Crippen MR) is 226 cm³/mol. The minimum absolute atomic E-state index is 0.00463. The second-order valence-electron chi connectivity index (χ2n) is 17.6. The normalized spacial score (nSPS) is 26.1. The van der Waals surface area contributed by atoms with E-state index >= 15 is 0 Å². The molecule has 3 saturated heterocycles. The highest BCUT2D eigenvalue weighted by atomic mass is 32.1. The number of nitriles is 1. The Balaban J connectivity index is 0.861. The lowest BCUT2D eigenvalue weighted by Gasteiger charge is -2.42. The molecule has 0 radical (unpaired) electrons. The molecular formula is C44H53F3N8O5S. The van der Waals surface area contributed by atoms with Crippen molar-refractivity contribution in [3.05, 3.63) is 53.2 Å². The SMILES string of the molecule is C[C@@H]1CC(OCCCC2CCC(N3C(=S)N(c4ccc(C#N)c(C(F)(F)F)c4)C(=O)C3(C)C)CC2)C[C@H](C)N1CC(=O)Nc1cccc2c(C3CCC(=O)NC3=O)nn(C)c12. The highest BCUT2D eigenvalue weighted by Gasteiger charge is 2.52. The molecule has 7 rings (SSSR count). The lowest BCUT2D eigenvalue weighted by molar-refractivity contribution is -0.138. The number of anilines is 2. The van der Waals surface area contributed by atoms with E-state index in [2.05, 4.69) is 34.5 Å². The number of likely N-dealkylation sites (tertiary alicyclic amines) is 1. The van der Waals surface area contributed by atoms with Crippen molar-refractivity contribution in [3.63, 3.8) is 0 Å². The van der Waals surface area contributed by atoms with Crippen molar-refractivity contribution >= 4 is 63.2 Å². The number of halogens is 3. The Morgan fingerprint density at radius 2 is 1.77 bits per heavy atom. The van der Waals surface area contributed by atoms with E-state index in [-0.39, 0.29) is 65.7 Å². The maximum atomic E-state index is 13.8. The number of carbonyl (C=O) groups is 4. The Morgan fingerprint density at radius 1 is 1.07 bits per heavy atom. The Kier molecular flexibility index (Phi) is 12.6. The number of hydrogen-bond acceptors (Lipinski definition) is 9. The number of benzene rings is 2. The number of imide groups is 1. The summed E-state index contributed by atoms with van der Waals surface area (Å²) in [6, 6.07) is 10.6. The van der Waals surface area contributed by atoms with Crippen molar-refractivity contribution in [1.29, 1.82) is 5.26 Å². The molecule has 2 unspecified atom stereocenters. The summed E-state index contributed by atoms with van der Waals surface area (Å²) < 4.78 is 49.4. The van der Waals surface area contributed by atoms with Crippen molar-refractivity contribution in [2.45, 2.75) is 134 Å². The molecule has 2 N–H and O–H groups in total. The van der Waals surface area contributed by atoms with Crippen molar-refractivity contribution in [1.82, 2.24) is 24.9 Å². The first-order valence-electron chi connectivity index (χ1n) is 21.1. The lowest BCUT2D eigenvalue weighted by Crippen LogP contribution is -2.51. The number of rotatable bonds is 11. The zero-order chi connectivity index (χ0) is 44.0. The summed E-state index contributed by atoms with van der Waals surface area (Å²) in [5, 5.41) is 20.3. The monoisotopic (exact) mass is 862 g/mol. The number of aryl methyl sites for hydroxylation is 1. The first-order chi connectivity index (χ1) is 28.9. The van der Waals surface area contributed by atoms with Crippen LogP contribution >= 0.6 is 12.2 Å². The number of nitrogens with zero attached hydrogens (tertiary/aromatic N) is 6. The molecular weight excluding hydrogens is 810 g/mol. The second kappa shape index (κ2) is 17.5. The summed E-state index contributed by atoms with van der Waals surface area (Å²) in [4.78, 5) is 56.8. The van der Waals surface area contributed by atoms with Gasteiger partial charge in [0.05, 0.1) is 58.3 Å². The summed E-state index contributed by atoms with van der Waals surface area (Å²) in [5.41, 5.74) is -0.724. The Bertz CT molecular complexity index is 2250. The highest BCUT2D eigenvalue weighted by Crippen LogP contribution is 2.42. The van der Waals surface area contributed by atoms with Crippen LogP contribution in [0.15, 0.2) is 36.4 Å². The van der Waals surface area contributed by atoms with E-state index in [0.717, 1.165) is 68.9 Å². The van der Waals surface area contributed by atoms with Crippen LogP contribution in [0.3, 0.4) is 0 Å². The van der Waals surface area contributed by atoms with E-state index in [1.165, 1.54) is 11.0 Å². The number of thiocarbonyl (C=S) groups is 1. The van der Waals surface area contributed by atoms with Crippen LogP contribution in [-0.2, 0) is 37.1 Å². The fraction of sp³-hybridized carbons (Fsp3) is 0.568. The summed E-state index contributed by atoms with van der Waals surface area (Å²) in [6.07, 6.45) is 2.96. The molecule has 0 spiro atoms. The molecule has 61 heavy (non-hydrogen) atoms. The van der Waals surface area contributed by atoms with Gasteiger partial charge in [0.1, 0.15) is 5.54 Å². The van der Waals surface area contributed by atoms with Gasteiger partial charge in [-0.05, 0) is 128 Å². The number of aromatic nitrogens is 2. The number of piperidine rings is 2. The van der Waals surface area contributed by atoms with E-state index in [1.807, 2.05) is 23.1 Å². The number of alkyl halides is 3. The van der Waals surface area contributed by atoms with Crippen LogP contribution < -0.4 is 15.5 Å². The van der Waals surface area contributed by atoms with E-state index < -0.39 is 34.7 Å². The summed E-state index contributed by atoms with van der Waals surface area (Å²) >= 11 is 5.77.